The van der Waals surface area contributed by atoms with E-state index in [1.807, 2.05) is 0 Å². The Morgan fingerprint density at radius 2 is 2.50 bits per heavy atom. The molecule has 0 aromatic heterocycles. The normalized spacial score (nSPS) is 19.2. The number of amides is 2. The van der Waals surface area contributed by atoms with Gasteiger partial charge in [-0.2, -0.15) is 0 Å². The monoisotopic (exact) mass is 116 g/mol. The van der Waals surface area contributed by atoms with Crippen LogP contribution in [0.3, 0.4) is 0 Å². The minimum absolute atomic E-state index is 0.449. The number of nitrogens with zero attached hydrogens (tertiary/aromatic N) is 1. The van der Waals surface area contributed by atoms with Crippen LogP contribution in [-0.2, 0) is 0 Å². The van der Waals surface area contributed by atoms with Gasteiger partial charge in [0.15, 0.2) is 0 Å². The van der Waals surface area contributed by atoms with Gasteiger partial charge in [-0.05, 0) is 0 Å². The lowest BCUT2D eigenvalue weighted by Crippen LogP contribution is -2.40. The van der Waals surface area contributed by atoms with Gasteiger partial charge in [-0.25, -0.2) is 15.2 Å². The maximum absolute atomic E-state index is 10.2. The van der Waals surface area contributed by atoms with E-state index in [0.29, 0.717) is 13.3 Å². The predicted molar refractivity (Wildman–Crippen MR) is 27.4 cm³/mol. The Hall–Kier alpha value is -0.810. The summed E-state index contributed by atoms with van der Waals surface area (Å²) < 4.78 is 0. The van der Waals surface area contributed by atoms with Crippen LogP contribution in [0.2, 0.25) is 0 Å². The summed E-state index contributed by atoms with van der Waals surface area (Å²) >= 11 is 0. The second-order valence-electron chi connectivity index (χ2n) is 1.51. The van der Waals surface area contributed by atoms with Crippen LogP contribution in [0.25, 0.3) is 0 Å². The fraction of sp³-hybridized carbons (Fsp3) is 0.667. The van der Waals surface area contributed by atoms with E-state index in [1.165, 1.54) is 5.01 Å². The number of nitrogens with one attached hydrogen (secondary N) is 2. The smallest absolute Gasteiger partial charge is 0.330 e. The van der Waals surface area contributed by atoms with Gasteiger partial charge in [0, 0.05) is 0 Å². The average Bonchev–Trinajstić information content (AvgIpc) is 2.12. The third-order valence-electron chi connectivity index (χ3n) is 0.931. The molecule has 4 N–H and O–H groups in total. The van der Waals surface area contributed by atoms with Gasteiger partial charge in [0.25, 0.3) is 0 Å². The number of hydrogen-bond donors (Lipinski definition) is 3. The molecule has 1 aliphatic heterocycles. The zero-order valence-corrected chi connectivity index (χ0v) is 4.35. The number of urea groups is 1. The largest absolute Gasteiger partial charge is 0.350 e. The van der Waals surface area contributed by atoms with Crippen LogP contribution >= 0.6 is 0 Å². The van der Waals surface area contributed by atoms with Crippen LogP contribution in [0, 0.1) is 0 Å². The molecule has 0 aromatic rings. The molecule has 0 atom stereocenters. The molecule has 1 heterocycles. The van der Waals surface area contributed by atoms with E-state index >= 15 is 0 Å². The molecule has 1 rings (SSSR count). The standard InChI is InChI=1S/C3H8N4O/c4-3(8)7-2-5-1-6-7/h5-6H,1-2H2,(H2,4,8). The van der Waals surface area contributed by atoms with Crippen molar-refractivity contribution in [2.45, 2.75) is 0 Å². The second-order valence-corrected chi connectivity index (χ2v) is 1.51. The lowest BCUT2D eigenvalue weighted by atomic mass is 10.9. The van der Waals surface area contributed by atoms with Crippen molar-refractivity contribution in [2.75, 3.05) is 13.3 Å². The molecule has 5 nitrogen and oxygen atoms in total. The molecule has 1 saturated heterocycles. The fourth-order valence-corrected chi connectivity index (χ4v) is 0.531. The lowest BCUT2D eigenvalue weighted by molar-refractivity contribution is 0.201. The number of primary amides is 1. The lowest BCUT2D eigenvalue weighted by Gasteiger charge is -2.08. The van der Waals surface area contributed by atoms with E-state index in [4.69, 9.17) is 5.73 Å². The Morgan fingerprint density at radius 3 is 2.75 bits per heavy atom. The van der Waals surface area contributed by atoms with Crippen LogP contribution in [0.5, 0.6) is 0 Å². The highest BCUT2D eigenvalue weighted by atomic mass is 16.2. The predicted octanol–water partition coefficient (Wildman–Crippen LogP) is -1.61. The molecule has 0 unspecified atom stereocenters. The summed E-state index contributed by atoms with van der Waals surface area (Å²) in [7, 11) is 0. The molecule has 0 aromatic carbocycles. The molecule has 0 radical (unpaired) electrons. The Kier molecular flexibility index (Phi) is 1.32. The van der Waals surface area contributed by atoms with E-state index < -0.39 is 6.03 Å². The molecular weight excluding hydrogens is 108 g/mol. The Morgan fingerprint density at radius 1 is 1.75 bits per heavy atom. The van der Waals surface area contributed by atoms with E-state index in [0.717, 1.165) is 0 Å². The number of hydrogen-bond acceptors (Lipinski definition) is 3. The molecule has 46 valence electrons. The van der Waals surface area contributed by atoms with Gasteiger partial charge in [0.05, 0.1) is 13.3 Å². The van der Waals surface area contributed by atoms with Crippen LogP contribution in [0.15, 0.2) is 0 Å². The summed E-state index contributed by atoms with van der Waals surface area (Å²) in [6.07, 6.45) is 0. The van der Waals surface area contributed by atoms with Crippen molar-refractivity contribution in [3.63, 3.8) is 0 Å². The Labute approximate surface area is 46.8 Å². The van der Waals surface area contributed by atoms with Crippen LogP contribution in [0.1, 0.15) is 0 Å². The molecule has 0 saturated carbocycles. The first-order chi connectivity index (χ1) is 3.80. The topological polar surface area (TPSA) is 70.4 Å². The highest BCUT2D eigenvalue weighted by Crippen LogP contribution is 1.81. The molecule has 1 fully saturated rings. The zero-order valence-electron chi connectivity index (χ0n) is 4.35. The summed E-state index contributed by atoms with van der Waals surface area (Å²) in [6.45, 7) is 1.11. The fourth-order valence-electron chi connectivity index (χ4n) is 0.531. The van der Waals surface area contributed by atoms with Gasteiger partial charge in [-0.1, -0.05) is 0 Å². The van der Waals surface area contributed by atoms with E-state index in [9.17, 15) is 4.79 Å². The maximum atomic E-state index is 10.2. The molecule has 0 spiro atoms. The number of carbonyl (C=O) groups excluding carboxylic acids is 1. The highest BCUT2D eigenvalue weighted by Gasteiger charge is 2.11. The van der Waals surface area contributed by atoms with E-state index in [-0.39, 0.29) is 0 Å². The number of nitrogens with two attached hydrogens (primary N) is 1. The number of hydrazine groups is 1. The third kappa shape index (κ3) is 0.877. The summed E-state index contributed by atoms with van der Waals surface area (Å²) in [4.78, 5) is 10.2. The first-order valence-electron chi connectivity index (χ1n) is 2.32. The second kappa shape index (κ2) is 1.97. The summed E-state index contributed by atoms with van der Waals surface area (Å²) in [5.74, 6) is 0. The summed E-state index contributed by atoms with van der Waals surface area (Å²) in [6, 6.07) is -0.449. The minimum atomic E-state index is -0.449. The van der Waals surface area contributed by atoms with Gasteiger partial charge in [0.2, 0.25) is 0 Å². The van der Waals surface area contributed by atoms with Gasteiger partial charge >= 0.3 is 6.03 Å². The van der Waals surface area contributed by atoms with Gasteiger partial charge in [0.1, 0.15) is 0 Å². The van der Waals surface area contributed by atoms with Crippen molar-refractivity contribution in [1.29, 1.82) is 0 Å². The first-order valence-corrected chi connectivity index (χ1v) is 2.32. The SMILES string of the molecule is NC(=O)N1CNCN1. The van der Waals surface area contributed by atoms with Crippen molar-refractivity contribution < 1.29 is 4.79 Å². The Balaban J connectivity index is 2.35. The van der Waals surface area contributed by atoms with Crippen molar-refractivity contribution in [3.8, 4) is 0 Å². The van der Waals surface area contributed by atoms with E-state index in [2.05, 4.69) is 10.7 Å². The van der Waals surface area contributed by atoms with E-state index in [1.54, 1.807) is 0 Å². The van der Waals surface area contributed by atoms with Gasteiger partial charge in [-0.3, -0.25) is 5.32 Å². The molecule has 0 aliphatic carbocycles. The molecule has 8 heavy (non-hydrogen) atoms. The van der Waals surface area contributed by atoms with Crippen LogP contribution in [-0.4, -0.2) is 24.4 Å². The van der Waals surface area contributed by atoms with Crippen LogP contribution < -0.4 is 16.5 Å². The van der Waals surface area contributed by atoms with Gasteiger partial charge < -0.3 is 5.73 Å². The molecule has 1 aliphatic rings. The Bertz CT molecular complexity index is 97.5. The molecule has 5 heteroatoms. The maximum Gasteiger partial charge on any atom is 0.330 e. The number of rotatable bonds is 0. The molecule has 0 bridgehead atoms. The highest BCUT2D eigenvalue weighted by molar-refractivity contribution is 5.71. The van der Waals surface area contributed by atoms with Crippen molar-refractivity contribution in [2.24, 2.45) is 5.73 Å². The summed E-state index contributed by atoms with van der Waals surface area (Å²) in [5, 5.41) is 4.17. The summed E-state index contributed by atoms with van der Waals surface area (Å²) in [5.41, 5.74) is 7.59. The first kappa shape index (κ1) is 5.33. The van der Waals surface area contributed by atoms with Crippen molar-refractivity contribution in [1.82, 2.24) is 15.8 Å². The van der Waals surface area contributed by atoms with Gasteiger partial charge in [-0.15, -0.1) is 0 Å². The van der Waals surface area contributed by atoms with Crippen molar-refractivity contribution in [3.05, 3.63) is 0 Å². The quantitative estimate of drug-likeness (QED) is 0.356. The molecule has 2 amide bonds. The van der Waals surface area contributed by atoms with Crippen molar-refractivity contribution >= 4 is 6.03 Å². The zero-order chi connectivity index (χ0) is 5.98. The number of carbonyl (C=O) groups is 1. The van der Waals surface area contributed by atoms with Crippen LogP contribution in [0.4, 0.5) is 4.79 Å². The average molecular weight is 116 g/mol. The minimum Gasteiger partial charge on any atom is -0.350 e. The molecular formula is C3H8N4O. The third-order valence-corrected chi connectivity index (χ3v) is 0.931.